The fraction of sp³-hybridized carbons (Fsp3) is 0.941. The zero-order valence-electron chi connectivity index (χ0n) is 12.9. The van der Waals surface area contributed by atoms with E-state index < -0.39 is 0 Å². The molecule has 0 spiro atoms. The lowest BCUT2D eigenvalue weighted by Crippen LogP contribution is -2.56. The molecule has 1 amide bonds. The van der Waals surface area contributed by atoms with Gasteiger partial charge in [-0.1, -0.05) is 19.8 Å². The summed E-state index contributed by atoms with van der Waals surface area (Å²) in [6.07, 6.45) is 12.5. The highest BCUT2D eigenvalue weighted by molar-refractivity contribution is 5.82. The van der Waals surface area contributed by atoms with Crippen LogP contribution in [0.5, 0.6) is 0 Å². The Morgan fingerprint density at radius 1 is 0.950 bits per heavy atom. The van der Waals surface area contributed by atoms with Gasteiger partial charge in [-0.15, -0.1) is 0 Å². The minimum absolute atomic E-state index is 0.0775. The highest BCUT2D eigenvalue weighted by atomic mass is 16.2. The SMILES string of the molecule is CC1CCC(NC(=O)C2CCC3CCCCC3N2)CC1. The van der Waals surface area contributed by atoms with Gasteiger partial charge in [0.15, 0.2) is 0 Å². The molecule has 20 heavy (non-hydrogen) atoms. The monoisotopic (exact) mass is 278 g/mol. The second-order valence-electron chi connectivity index (χ2n) is 7.41. The van der Waals surface area contributed by atoms with E-state index in [4.69, 9.17) is 0 Å². The summed E-state index contributed by atoms with van der Waals surface area (Å²) in [5, 5.41) is 6.94. The molecule has 2 aliphatic carbocycles. The molecule has 1 heterocycles. The maximum atomic E-state index is 12.4. The molecule has 2 saturated carbocycles. The first kappa shape index (κ1) is 14.4. The molecular weight excluding hydrogens is 248 g/mol. The number of fused-ring (bicyclic) bond motifs is 1. The lowest BCUT2D eigenvalue weighted by atomic mass is 9.77. The Morgan fingerprint density at radius 2 is 1.70 bits per heavy atom. The number of piperidine rings is 1. The Balaban J connectivity index is 1.47. The molecule has 3 unspecified atom stereocenters. The highest BCUT2D eigenvalue weighted by Crippen LogP contribution is 2.32. The van der Waals surface area contributed by atoms with E-state index in [2.05, 4.69) is 17.6 Å². The molecule has 1 aliphatic heterocycles. The molecule has 2 N–H and O–H groups in total. The summed E-state index contributed by atoms with van der Waals surface area (Å²) in [6.45, 7) is 2.32. The molecule has 3 rings (SSSR count). The van der Waals surface area contributed by atoms with Gasteiger partial charge in [0.05, 0.1) is 6.04 Å². The predicted molar refractivity (Wildman–Crippen MR) is 81.5 cm³/mol. The van der Waals surface area contributed by atoms with Crippen molar-refractivity contribution in [2.24, 2.45) is 11.8 Å². The van der Waals surface area contributed by atoms with Crippen molar-refractivity contribution < 1.29 is 4.79 Å². The topological polar surface area (TPSA) is 41.1 Å². The first-order valence-electron chi connectivity index (χ1n) is 8.79. The van der Waals surface area contributed by atoms with E-state index in [-0.39, 0.29) is 11.9 Å². The van der Waals surface area contributed by atoms with Gasteiger partial charge >= 0.3 is 0 Å². The largest absolute Gasteiger partial charge is 0.352 e. The third kappa shape index (κ3) is 3.36. The number of carbonyl (C=O) groups is 1. The quantitative estimate of drug-likeness (QED) is 0.815. The van der Waals surface area contributed by atoms with Crippen molar-refractivity contribution in [3.05, 3.63) is 0 Å². The molecule has 0 aromatic rings. The second-order valence-corrected chi connectivity index (χ2v) is 7.41. The molecule has 0 aromatic heterocycles. The minimum atomic E-state index is 0.0775. The Hall–Kier alpha value is -0.570. The highest BCUT2D eigenvalue weighted by Gasteiger charge is 2.35. The Bertz CT molecular complexity index is 336. The van der Waals surface area contributed by atoms with E-state index in [9.17, 15) is 4.79 Å². The summed E-state index contributed by atoms with van der Waals surface area (Å²) in [7, 11) is 0. The van der Waals surface area contributed by atoms with Gasteiger partial charge in [-0.25, -0.2) is 0 Å². The summed E-state index contributed by atoms with van der Waals surface area (Å²) in [4.78, 5) is 12.4. The molecule has 0 aromatic carbocycles. The van der Waals surface area contributed by atoms with Crippen molar-refractivity contribution in [1.82, 2.24) is 10.6 Å². The molecule has 3 nitrogen and oxygen atoms in total. The zero-order chi connectivity index (χ0) is 13.9. The van der Waals surface area contributed by atoms with Crippen molar-refractivity contribution in [3.63, 3.8) is 0 Å². The molecule has 1 saturated heterocycles. The van der Waals surface area contributed by atoms with Gasteiger partial charge < -0.3 is 10.6 Å². The second kappa shape index (κ2) is 6.46. The third-order valence-corrected chi connectivity index (χ3v) is 5.83. The average molecular weight is 278 g/mol. The number of hydrogen-bond donors (Lipinski definition) is 2. The van der Waals surface area contributed by atoms with Gasteiger partial charge in [0, 0.05) is 12.1 Å². The molecule has 0 radical (unpaired) electrons. The number of rotatable bonds is 2. The van der Waals surface area contributed by atoms with Gasteiger partial charge in [0.25, 0.3) is 0 Å². The van der Waals surface area contributed by atoms with Crippen LogP contribution in [-0.2, 0) is 4.79 Å². The van der Waals surface area contributed by atoms with Crippen molar-refractivity contribution in [3.8, 4) is 0 Å². The number of hydrogen-bond acceptors (Lipinski definition) is 2. The van der Waals surface area contributed by atoms with Crippen LogP contribution in [0.1, 0.15) is 71.1 Å². The van der Waals surface area contributed by atoms with E-state index in [1.54, 1.807) is 0 Å². The van der Waals surface area contributed by atoms with Crippen LogP contribution in [0.2, 0.25) is 0 Å². The molecular formula is C17H30N2O. The molecule has 3 heteroatoms. The molecule has 0 bridgehead atoms. The van der Waals surface area contributed by atoms with Crippen molar-refractivity contribution in [2.75, 3.05) is 0 Å². The van der Waals surface area contributed by atoms with Crippen molar-refractivity contribution in [2.45, 2.75) is 89.3 Å². The van der Waals surface area contributed by atoms with Crippen LogP contribution in [0.25, 0.3) is 0 Å². The number of carbonyl (C=O) groups excluding carboxylic acids is 1. The van der Waals surface area contributed by atoms with E-state index in [1.807, 2.05) is 0 Å². The Kier molecular flexibility index (Phi) is 4.65. The van der Waals surface area contributed by atoms with Crippen molar-refractivity contribution in [1.29, 1.82) is 0 Å². The van der Waals surface area contributed by atoms with Gasteiger partial charge in [0.1, 0.15) is 0 Å². The normalized spacial score (nSPS) is 41.8. The Labute approximate surface area is 123 Å². The zero-order valence-corrected chi connectivity index (χ0v) is 12.9. The fourth-order valence-corrected chi connectivity index (χ4v) is 4.41. The first-order chi connectivity index (χ1) is 9.72. The van der Waals surface area contributed by atoms with Gasteiger partial charge in [-0.2, -0.15) is 0 Å². The van der Waals surface area contributed by atoms with E-state index in [0.29, 0.717) is 12.1 Å². The molecule has 114 valence electrons. The summed E-state index contributed by atoms with van der Waals surface area (Å²) in [5.41, 5.74) is 0. The fourth-order valence-electron chi connectivity index (χ4n) is 4.41. The molecule has 3 atom stereocenters. The lowest BCUT2D eigenvalue weighted by molar-refractivity contribution is -0.125. The standard InChI is InChI=1S/C17H30N2O/c1-12-6-9-14(10-7-12)18-17(20)16-11-8-13-4-2-3-5-15(13)19-16/h12-16,19H,2-11H2,1H3,(H,18,20). The van der Waals surface area contributed by atoms with Gasteiger partial charge in [-0.3, -0.25) is 4.79 Å². The van der Waals surface area contributed by atoms with Gasteiger partial charge in [0.2, 0.25) is 5.91 Å². The predicted octanol–water partition coefficient (Wildman–Crippen LogP) is 2.99. The van der Waals surface area contributed by atoms with Crippen LogP contribution in [0, 0.1) is 11.8 Å². The van der Waals surface area contributed by atoms with E-state index in [0.717, 1.165) is 18.3 Å². The van der Waals surface area contributed by atoms with Crippen LogP contribution < -0.4 is 10.6 Å². The Morgan fingerprint density at radius 3 is 2.50 bits per heavy atom. The van der Waals surface area contributed by atoms with E-state index >= 15 is 0 Å². The van der Waals surface area contributed by atoms with Crippen LogP contribution >= 0.6 is 0 Å². The van der Waals surface area contributed by atoms with Crippen molar-refractivity contribution >= 4 is 5.91 Å². The summed E-state index contributed by atoms with van der Waals surface area (Å²) in [5.74, 6) is 1.95. The number of amides is 1. The van der Waals surface area contributed by atoms with E-state index in [1.165, 1.54) is 57.8 Å². The van der Waals surface area contributed by atoms with Crippen LogP contribution in [0.4, 0.5) is 0 Å². The average Bonchev–Trinajstić information content (AvgIpc) is 2.49. The molecule has 3 fully saturated rings. The summed E-state index contributed by atoms with van der Waals surface area (Å²) < 4.78 is 0. The van der Waals surface area contributed by atoms with Crippen LogP contribution in [-0.4, -0.2) is 24.0 Å². The molecule has 3 aliphatic rings. The third-order valence-electron chi connectivity index (χ3n) is 5.83. The number of nitrogens with one attached hydrogen (secondary N) is 2. The minimum Gasteiger partial charge on any atom is -0.352 e. The van der Waals surface area contributed by atoms with Gasteiger partial charge in [-0.05, 0) is 63.2 Å². The first-order valence-corrected chi connectivity index (χ1v) is 8.79. The maximum Gasteiger partial charge on any atom is 0.237 e. The smallest absolute Gasteiger partial charge is 0.237 e. The summed E-state index contributed by atoms with van der Waals surface area (Å²) in [6, 6.07) is 1.12. The van der Waals surface area contributed by atoms with Crippen LogP contribution in [0.3, 0.4) is 0 Å². The summed E-state index contributed by atoms with van der Waals surface area (Å²) >= 11 is 0. The lowest BCUT2D eigenvalue weighted by Gasteiger charge is -2.40. The van der Waals surface area contributed by atoms with Crippen LogP contribution in [0.15, 0.2) is 0 Å². The maximum absolute atomic E-state index is 12.4.